The number of rotatable bonds is 3. The molecule has 2 atom stereocenters. The van der Waals surface area contributed by atoms with E-state index in [1.54, 1.807) is 0 Å². The van der Waals surface area contributed by atoms with Crippen LogP contribution in [-0.2, 0) is 0 Å². The summed E-state index contributed by atoms with van der Waals surface area (Å²) in [6.45, 7) is 2.15. The number of carbonyl (C=O) groups excluding carboxylic acids is 1. The first-order valence-corrected chi connectivity index (χ1v) is 5.94. The van der Waals surface area contributed by atoms with Gasteiger partial charge in [-0.15, -0.1) is 0 Å². The number of amides is 1. The van der Waals surface area contributed by atoms with Gasteiger partial charge in [0.1, 0.15) is 5.82 Å². The maximum absolute atomic E-state index is 13.6. The van der Waals surface area contributed by atoms with E-state index < -0.39 is 5.91 Å². The number of halogens is 1. The van der Waals surface area contributed by atoms with Crippen molar-refractivity contribution in [3.63, 3.8) is 0 Å². The van der Waals surface area contributed by atoms with Crippen LogP contribution in [0, 0.1) is 11.7 Å². The Labute approximate surface area is 100 Å². The van der Waals surface area contributed by atoms with Crippen LogP contribution in [0.25, 0.3) is 0 Å². The van der Waals surface area contributed by atoms with Gasteiger partial charge in [-0.3, -0.25) is 4.79 Å². The molecule has 3 N–H and O–H groups in total. The maximum Gasteiger partial charge on any atom is 0.248 e. The zero-order valence-corrected chi connectivity index (χ0v) is 9.87. The van der Waals surface area contributed by atoms with Crippen molar-refractivity contribution >= 4 is 11.6 Å². The van der Waals surface area contributed by atoms with Crippen LogP contribution in [0.3, 0.4) is 0 Å². The minimum atomic E-state index is -0.535. The summed E-state index contributed by atoms with van der Waals surface area (Å²) in [5, 5.41) is 3.17. The van der Waals surface area contributed by atoms with Crippen molar-refractivity contribution in [2.45, 2.75) is 32.2 Å². The van der Waals surface area contributed by atoms with Crippen LogP contribution in [0.15, 0.2) is 18.2 Å². The average molecular weight is 236 g/mol. The topological polar surface area (TPSA) is 55.1 Å². The van der Waals surface area contributed by atoms with Crippen LogP contribution in [0.2, 0.25) is 0 Å². The first-order valence-electron chi connectivity index (χ1n) is 5.94. The zero-order chi connectivity index (χ0) is 12.4. The molecule has 0 saturated heterocycles. The highest BCUT2D eigenvalue weighted by Gasteiger charge is 2.24. The predicted molar refractivity (Wildman–Crippen MR) is 65.3 cm³/mol. The first kappa shape index (κ1) is 11.9. The number of hydrogen-bond acceptors (Lipinski definition) is 2. The highest BCUT2D eigenvalue weighted by atomic mass is 19.1. The van der Waals surface area contributed by atoms with Gasteiger partial charge in [-0.05, 0) is 37.0 Å². The van der Waals surface area contributed by atoms with E-state index in [4.69, 9.17) is 5.73 Å². The molecule has 1 amide bonds. The molecule has 1 aliphatic rings. The van der Waals surface area contributed by atoms with Gasteiger partial charge in [-0.25, -0.2) is 4.39 Å². The van der Waals surface area contributed by atoms with Crippen molar-refractivity contribution in [3.8, 4) is 0 Å². The van der Waals surface area contributed by atoms with Crippen LogP contribution in [0.4, 0.5) is 10.1 Å². The fraction of sp³-hybridized carbons (Fsp3) is 0.462. The van der Waals surface area contributed by atoms with Crippen LogP contribution < -0.4 is 11.1 Å². The Morgan fingerprint density at radius 3 is 2.82 bits per heavy atom. The summed E-state index contributed by atoms with van der Waals surface area (Å²) >= 11 is 0. The molecule has 0 radical (unpaired) electrons. The second kappa shape index (κ2) is 4.73. The third kappa shape index (κ3) is 2.57. The quantitative estimate of drug-likeness (QED) is 0.847. The fourth-order valence-electron chi connectivity index (χ4n) is 2.35. The monoisotopic (exact) mass is 236 g/mol. The van der Waals surface area contributed by atoms with E-state index in [0.717, 1.165) is 19.3 Å². The summed E-state index contributed by atoms with van der Waals surface area (Å²) in [5.41, 5.74) is 5.89. The summed E-state index contributed by atoms with van der Waals surface area (Å²) in [6, 6.07) is 4.46. The molecule has 1 aliphatic carbocycles. The molecule has 2 rings (SSSR count). The van der Waals surface area contributed by atoms with Crippen LogP contribution >= 0.6 is 0 Å². The number of nitrogens with two attached hydrogens (primary N) is 1. The lowest BCUT2D eigenvalue weighted by molar-refractivity contribution is 0.100. The molecule has 2 unspecified atom stereocenters. The minimum Gasteiger partial charge on any atom is -0.380 e. The molecule has 0 bridgehead atoms. The molecule has 0 aliphatic heterocycles. The summed E-state index contributed by atoms with van der Waals surface area (Å²) in [5.74, 6) is -0.340. The Morgan fingerprint density at radius 1 is 1.47 bits per heavy atom. The number of carbonyl (C=O) groups is 1. The Hall–Kier alpha value is -1.58. The molecule has 1 aromatic rings. The van der Waals surface area contributed by atoms with Gasteiger partial charge >= 0.3 is 0 Å². The Bertz CT molecular complexity index is 433. The molecule has 0 spiro atoms. The molecule has 0 aromatic heterocycles. The summed E-state index contributed by atoms with van der Waals surface area (Å²) in [4.78, 5) is 11.0. The summed E-state index contributed by atoms with van der Waals surface area (Å²) in [6.07, 6.45) is 3.37. The zero-order valence-electron chi connectivity index (χ0n) is 9.87. The molecular weight excluding hydrogens is 219 g/mol. The van der Waals surface area contributed by atoms with E-state index in [0.29, 0.717) is 17.2 Å². The van der Waals surface area contributed by atoms with Gasteiger partial charge in [-0.2, -0.15) is 0 Å². The van der Waals surface area contributed by atoms with Gasteiger partial charge < -0.3 is 11.1 Å². The van der Waals surface area contributed by atoms with E-state index in [-0.39, 0.29) is 11.9 Å². The molecule has 1 saturated carbocycles. The van der Waals surface area contributed by atoms with Crippen molar-refractivity contribution in [1.82, 2.24) is 0 Å². The van der Waals surface area contributed by atoms with Gasteiger partial charge in [0.15, 0.2) is 0 Å². The predicted octanol–water partition coefficient (Wildman–Crippen LogP) is 2.53. The van der Waals surface area contributed by atoms with E-state index in [9.17, 15) is 9.18 Å². The average Bonchev–Trinajstić information content (AvgIpc) is 2.67. The van der Waals surface area contributed by atoms with Crippen molar-refractivity contribution < 1.29 is 9.18 Å². The van der Waals surface area contributed by atoms with Gasteiger partial charge in [-0.1, -0.05) is 13.3 Å². The number of primary amides is 1. The number of benzene rings is 1. The molecule has 0 heterocycles. The minimum absolute atomic E-state index is 0.285. The number of nitrogens with one attached hydrogen (secondary N) is 1. The SMILES string of the molecule is CC1CCCC1Nc1cc(C(N)=O)ccc1F. The third-order valence-electron chi connectivity index (χ3n) is 3.45. The highest BCUT2D eigenvalue weighted by molar-refractivity contribution is 5.93. The summed E-state index contributed by atoms with van der Waals surface area (Å²) < 4.78 is 13.6. The lowest BCUT2D eigenvalue weighted by Gasteiger charge is -2.19. The molecule has 3 nitrogen and oxygen atoms in total. The first-order chi connectivity index (χ1) is 8.08. The van der Waals surface area contributed by atoms with E-state index in [2.05, 4.69) is 12.2 Å². The summed E-state index contributed by atoms with van der Waals surface area (Å²) in [7, 11) is 0. The van der Waals surface area contributed by atoms with Gasteiger partial charge in [0.2, 0.25) is 5.91 Å². The van der Waals surface area contributed by atoms with Gasteiger partial charge in [0.25, 0.3) is 0 Å². The second-order valence-corrected chi connectivity index (χ2v) is 4.72. The van der Waals surface area contributed by atoms with Crippen molar-refractivity contribution in [3.05, 3.63) is 29.6 Å². The molecule has 17 heavy (non-hydrogen) atoms. The number of anilines is 1. The third-order valence-corrected chi connectivity index (χ3v) is 3.45. The van der Waals surface area contributed by atoms with E-state index >= 15 is 0 Å². The second-order valence-electron chi connectivity index (χ2n) is 4.72. The Kier molecular flexibility index (Phi) is 3.31. The van der Waals surface area contributed by atoms with E-state index in [1.165, 1.54) is 18.2 Å². The molecule has 1 fully saturated rings. The Balaban J connectivity index is 2.19. The van der Waals surface area contributed by atoms with Crippen molar-refractivity contribution in [1.29, 1.82) is 0 Å². The van der Waals surface area contributed by atoms with Gasteiger partial charge in [0.05, 0.1) is 5.69 Å². The highest BCUT2D eigenvalue weighted by Crippen LogP contribution is 2.29. The Morgan fingerprint density at radius 2 is 2.24 bits per heavy atom. The van der Waals surface area contributed by atoms with Crippen LogP contribution in [0.1, 0.15) is 36.5 Å². The number of hydrogen-bond donors (Lipinski definition) is 2. The standard InChI is InChI=1S/C13H17FN2O/c1-8-3-2-4-11(8)16-12-7-9(13(15)17)5-6-10(12)14/h5-8,11,16H,2-4H2,1H3,(H2,15,17). The van der Waals surface area contributed by atoms with Crippen molar-refractivity contribution in [2.24, 2.45) is 11.7 Å². The molecule has 92 valence electrons. The smallest absolute Gasteiger partial charge is 0.248 e. The molecule has 4 heteroatoms. The normalized spacial score (nSPS) is 23.6. The lowest BCUT2D eigenvalue weighted by Crippen LogP contribution is -2.23. The molecule has 1 aromatic carbocycles. The fourth-order valence-corrected chi connectivity index (χ4v) is 2.35. The van der Waals surface area contributed by atoms with Crippen LogP contribution in [0.5, 0.6) is 0 Å². The molecular formula is C13H17FN2O. The van der Waals surface area contributed by atoms with E-state index in [1.807, 2.05) is 0 Å². The van der Waals surface area contributed by atoms with Gasteiger partial charge in [0, 0.05) is 11.6 Å². The maximum atomic E-state index is 13.6. The van der Waals surface area contributed by atoms with Crippen LogP contribution in [-0.4, -0.2) is 11.9 Å². The van der Waals surface area contributed by atoms with Crippen molar-refractivity contribution in [2.75, 3.05) is 5.32 Å². The largest absolute Gasteiger partial charge is 0.380 e. The lowest BCUT2D eigenvalue weighted by atomic mass is 10.1.